The van der Waals surface area contributed by atoms with E-state index in [4.69, 9.17) is 5.73 Å². The number of benzene rings is 1. The Morgan fingerprint density at radius 3 is 2.94 bits per heavy atom. The molecular weight excluding hydrogens is 204 g/mol. The minimum absolute atomic E-state index is 0.567. The highest BCUT2D eigenvalue weighted by atomic mass is 16.1. The van der Waals surface area contributed by atoms with Crippen LogP contribution in [0.3, 0.4) is 0 Å². The highest BCUT2D eigenvalue weighted by molar-refractivity contribution is 5.98. The second-order valence-electron chi connectivity index (χ2n) is 3.24. The van der Waals surface area contributed by atoms with Crippen molar-refractivity contribution in [3.63, 3.8) is 0 Å². The van der Waals surface area contributed by atoms with Crippen molar-refractivity contribution in [2.45, 2.75) is 0 Å². The zero-order valence-electron chi connectivity index (χ0n) is 8.28. The van der Waals surface area contributed by atoms with Gasteiger partial charge < -0.3 is 10.7 Å². The molecule has 0 saturated heterocycles. The molecule has 0 radical (unpaired) electrons. The average Bonchev–Trinajstić information content (AvgIpc) is 2.68. The number of fused-ring (bicyclic) bond motifs is 1. The van der Waals surface area contributed by atoms with Crippen LogP contribution >= 0.6 is 0 Å². The normalized spacial score (nSPS) is 9.50. The van der Waals surface area contributed by atoms with E-state index in [0.717, 1.165) is 17.2 Å². The second kappa shape index (κ2) is 3.91. The summed E-state index contributed by atoms with van der Waals surface area (Å²) in [7, 11) is 0. The molecule has 2 aromatic rings. The van der Waals surface area contributed by atoms with Crippen molar-refractivity contribution in [2.24, 2.45) is 5.73 Å². The lowest BCUT2D eigenvalue weighted by Crippen LogP contribution is -2.06. The molecule has 1 aromatic heterocycles. The van der Waals surface area contributed by atoms with Crippen LogP contribution in [-0.4, -0.2) is 17.2 Å². The van der Waals surface area contributed by atoms with Crippen LogP contribution in [0.4, 0.5) is 0 Å². The Labute approximate surface area is 91.4 Å². The summed E-state index contributed by atoms with van der Waals surface area (Å²) in [4.78, 5) is 24.2. The zero-order valence-corrected chi connectivity index (χ0v) is 8.28. The van der Waals surface area contributed by atoms with Crippen LogP contribution in [0.5, 0.6) is 0 Å². The summed E-state index contributed by atoms with van der Waals surface area (Å²) in [5, 5.41) is 0.784. The van der Waals surface area contributed by atoms with Gasteiger partial charge in [0.2, 0.25) is 0 Å². The summed E-state index contributed by atoms with van der Waals surface area (Å²) >= 11 is 0. The summed E-state index contributed by atoms with van der Waals surface area (Å²) in [6.07, 6.45) is 2.40. The van der Waals surface area contributed by atoms with E-state index in [0.29, 0.717) is 11.1 Å². The minimum Gasteiger partial charge on any atom is -0.360 e. The molecule has 0 spiro atoms. The lowest BCUT2D eigenvalue weighted by atomic mass is 10.1. The van der Waals surface area contributed by atoms with Gasteiger partial charge in [-0.3, -0.25) is 9.59 Å². The van der Waals surface area contributed by atoms with Crippen LogP contribution in [0.2, 0.25) is 0 Å². The molecule has 4 nitrogen and oxygen atoms in total. The highest BCUT2D eigenvalue weighted by Gasteiger charge is 2.02. The number of aromatic amines is 1. The fraction of sp³-hybridized carbons (Fsp3) is 0. The van der Waals surface area contributed by atoms with Crippen molar-refractivity contribution >= 4 is 23.1 Å². The number of hydrogen-bond donors (Lipinski definition) is 2. The fourth-order valence-electron chi connectivity index (χ4n) is 1.45. The largest absolute Gasteiger partial charge is 0.360 e. The Bertz CT molecular complexity index is 629. The van der Waals surface area contributed by atoms with Gasteiger partial charge in [-0.2, -0.15) is 0 Å². The number of carbonyl (C=O) groups is 2. The van der Waals surface area contributed by atoms with Gasteiger partial charge in [0.1, 0.15) is 0 Å². The maximum atomic E-state index is 10.7. The van der Waals surface area contributed by atoms with Gasteiger partial charge in [0.15, 0.2) is 6.29 Å². The standard InChI is InChI=1S/C12H8N2O2/c13-12(16)4-2-8-1-3-11-10(5-8)9(7-15)6-14-11/h1,3,5-7,14H,(H2,13,16). The molecular formula is C12H8N2O2. The first kappa shape index (κ1) is 9.99. The smallest absolute Gasteiger partial charge is 0.293 e. The van der Waals surface area contributed by atoms with E-state index >= 15 is 0 Å². The first-order valence-corrected chi connectivity index (χ1v) is 4.58. The fourth-order valence-corrected chi connectivity index (χ4v) is 1.45. The molecule has 1 amide bonds. The first-order valence-electron chi connectivity index (χ1n) is 4.58. The van der Waals surface area contributed by atoms with Crippen molar-refractivity contribution < 1.29 is 9.59 Å². The van der Waals surface area contributed by atoms with Gasteiger partial charge in [-0.15, -0.1) is 0 Å². The van der Waals surface area contributed by atoms with Gasteiger partial charge in [0.05, 0.1) is 0 Å². The van der Waals surface area contributed by atoms with Crippen LogP contribution in [0, 0.1) is 11.8 Å². The van der Waals surface area contributed by atoms with Gasteiger partial charge in [-0.1, -0.05) is 5.92 Å². The maximum Gasteiger partial charge on any atom is 0.293 e. The van der Waals surface area contributed by atoms with Crippen molar-refractivity contribution in [3.8, 4) is 11.8 Å². The zero-order chi connectivity index (χ0) is 11.5. The number of amides is 1. The molecule has 0 saturated carbocycles. The minimum atomic E-state index is -0.676. The van der Waals surface area contributed by atoms with Crippen molar-refractivity contribution in [1.82, 2.24) is 4.98 Å². The topological polar surface area (TPSA) is 76.0 Å². The lowest BCUT2D eigenvalue weighted by Gasteiger charge is -1.92. The summed E-state index contributed by atoms with van der Waals surface area (Å²) in [6, 6.07) is 5.29. The number of rotatable bonds is 1. The van der Waals surface area contributed by atoms with Gasteiger partial charge in [0, 0.05) is 28.2 Å². The van der Waals surface area contributed by atoms with Crippen molar-refractivity contribution in [3.05, 3.63) is 35.5 Å². The van der Waals surface area contributed by atoms with Crippen LogP contribution in [-0.2, 0) is 4.79 Å². The maximum absolute atomic E-state index is 10.7. The summed E-state index contributed by atoms with van der Waals surface area (Å²) < 4.78 is 0. The van der Waals surface area contributed by atoms with Crippen molar-refractivity contribution in [1.29, 1.82) is 0 Å². The van der Waals surface area contributed by atoms with Gasteiger partial charge in [0.25, 0.3) is 5.91 Å². The summed E-state index contributed by atoms with van der Waals surface area (Å²) in [5.74, 6) is 4.19. The third kappa shape index (κ3) is 1.79. The monoisotopic (exact) mass is 212 g/mol. The van der Waals surface area contributed by atoms with E-state index in [9.17, 15) is 9.59 Å². The molecule has 0 bridgehead atoms. The molecule has 0 unspecified atom stereocenters. The van der Waals surface area contributed by atoms with Crippen LogP contribution in [0.1, 0.15) is 15.9 Å². The van der Waals surface area contributed by atoms with E-state index in [2.05, 4.69) is 16.8 Å². The summed E-state index contributed by atoms with van der Waals surface area (Å²) in [6.45, 7) is 0. The second-order valence-corrected chi connectivity index (χ2v) is 3.24. The number of primary amides is 1. The SMILES string of the molecule is NC(=O)C#Cc1ccc2[nH]cc(C=O)c2c1. The first-order chi connectivity index (χ1) is 7.70. The third-order valence-electron chi connectivity index (χ3n) is 2.17. The average molecular weight is 212 g/mol. The van der Waals surface area contributed by atoms with Crippen LogP contribution < -0.4 is 5.73 Å². The molecule has 0 fully saturated rings. The number of aromatic nitrogens is 1. The van der Waals surface area contributed by atoms with E-state index < -0.39 is 5.91 Å². The Kier molecular flexibility index (Phi) is 2.44. The van der Waals surface area contributed by atoms with Crippen molar-refractivity contribution in [2.75, 3.05) is 0 Å². The molecule has 16 heavy (non-hydrogen) atoms. The van der Waals surface area contributed by atoms with Crippen LogP contribution in [0.25, 0.3) is 10.9 Å². The Balaban J connectivity index is 2.55. The predicted molar refractivity (Wildman–Crippen MR) is 59.8 cm³/mol. The molecule has 4 heteroatoms. The lowest BCUT2D eigenvalue weighted by molar-refractivity contribution is -0.112. The Morgan fingerprint density at radius 2 is 2.25 bits per heavy atom. The number of aldehydes is 1. The molecule has 0 aliphatic rings. The predicted octanol–water partition coefficient (Wildman–Crippen LogP) is 0.817. The van der Waals surface area contributed by atoms with Gasteiger partial charge in [-0.05, 0) is 24.1 Å². The van der Waals surface area contributed by atoms with E-state index in [1.165, 1.54) is 0 Å². The summed E-state index contributed by atoms with van der Waals surface area (Å²) in [5.41, 5.74) is 6.98. The van der Waals surface area contributed by atoms with E-state index in [-0.39, 0.29) is 0 Å². The number of hydrogen-bond acceptors (Lipinski definition) is 2. The molecule has 0 aliphatic carbocycles. The number of nitrogens with two attached hydrogens (primary N) is 1. The van der Waals surface area contributed by atoms with Gasteiger partial charge in [-0.25, -0.2) is 0 Å². The Hall–Kier alpha value is -2.54. The molecule has 3 N–H and O–H groups in total. The number of H-pyrrole nitrogens is 1. The number of carbonyl (C=O) groups excluding carboxylic acids is 2. The third-order valence-corrected chi connectivity index (χ3v) is 2.17. The van der Waals surface area contributed by atoms with Gasteiger partial charge >= 0.3 is 0 Å². The molecule has 1 heterocycles. The molecule has 78 valence electrons. The van der Waals surface area contributed by atoms with E-state index in [1.807, 2.05) is 0 Å². The molecule has 2 rings (SSSR count). The van der Waals surface area contributed by atoms with E-state index in [1.54, 1.807) is 24.4 Å². The number of nitrogens with one attached hydrogen (secondary N) is 1. The van der Waals surface area contributed by atoms with Crippen LogP contribution in [0.15, 0.2) is 24.4 Å². The highest BCUT2D eigenvalue weighted by Crippen LogP contribution is 2.17. The molecule has 1 aromatic carbocycles. The quantitative estimate of drug-likeness (QED) is 0.542. The molecule has 0 aliphatic heterocycles. The molecule has 0 atom stereocenters. The Morgan fingerprint density at radius 1 is 1.44 bits per heavy atom.